The van der Waals surface area contributed by atoms with Crippen molar-refractivity contribution in [3.63, 3.8) is 0 Å². The lowest BCUT2D eigenvalue weighted by Gasteiger charge is -2.53. The summed E-state index contributed by atoms with van der Waals surface area (Å²) in [7, 11) is 0. The molecule has 0 amide bonds. The van der Waals surface area contributed by atoms with Crippen LogP contribution in [0.2, 0.25) is 0 Å². The van der Waals surface area contributed by atoms with Crippen LogP contribution in [0.5, 0.6) is 11.5 Å². The molecule has 0 radical (unpaired) electrons. The molecule has 0 aromatic heterocycles. The van der Waals surface area contributed by atoms with E-state index in [2.05, 4.69) is 0 Å². The Hall–Kier alpha value is -3.67. The van der Waals surface area contributed by atoms with Crippen LogP contribution < -0.4 is 4.74 Å². The SMILES string of the molecule is O=C(Oc1ccc2ccccc2c1)C1CC2(O)c3ccccc3C1(O)c1cccc(O)c12. The highest BCUT2D eigenvalue weighted by atomic mass is 16.5. The predicted octanol–water partition coefficient (Wildman–Crippen LogP) is 3.96. The molecule has 158 valence electrons. The number of carbonyl (C=O) groups is 1. The van der Waals surface area contributed by atoms with Crippen molar-refractivity contribution in [3.8, 4) is 11.5 Å². The topological polar surface area (TPSA) is 87.0 Å². The van der Waals surface area contributed by atoms with E-state index < -0.39 is 23.1 Å². The fourth-order valence-corrected chi connectivity index (χ4v) is 5.45. The Labute approximate surface area is 184 Å². The second-order valence-electron chi connectivity index (χ2n) is 8.56. The molecule has 3 N–H and O–H groups in total. The molecular weight excluding hydrogens is 404 g/mol. The molecule has 3 aliphatic carbocycles. The van der Waals surface area contributed by atoms with Crippen molar-refractivity contribution in [2.24, 2.45) is 5.92 Å². The molecule has 32 heavy (non-hydrogen) atoms. The second kappa shape index (κ2) is 6.42. The van der Waals surface area contributed by atoms with Crippen LogP contribution in [0.15, 0.2) is 84.9 Å². The smallest absolute Gasteiger partial charge is 0.318 e. The van der Waals surface area contributed by atoms with Crippen LogP contribution in [0.3, 0.4) is 0 Å². The Balaban J connectivity index is 1.47. The van der Waals surface area contributed by atoms with E-state index in [4.69, 9.17) is 4.74 Å². The number of phenols is 1. The number of phenolic OH excluding ortho intramolecular Hbond substituents is 1. The van der Waals surface area contributed by atoms with E-state index in [1.807, 2.05) is 30.3 Å². The van der Waals surface area contributed by atoms with E-state index in [1.165, 1.54) is 6.07 Å². The van der Waals surface area contributed by atoms with Gasteiger partial charge in [0.1, 0.15) is 22.7 Å². The third-order valence-corrected chi connectivity index (χ3v) is 6.88. The molecule has 2 bridgehead atoms. The van der Waals surface area contributed by atoms with Crippen LogP contribution in [0.25, 0.3) is 10.8 Å². The standard InChI is InChI=1S/C27H20O5/c28-23-11-5-10-21-24(23)26(30)15-22(27(21,31)20-9-4-3-8-19(20)26)25(29)32-18-13-12-16-6-1-2-7-17(16)14-18/h1-14,22,28,30-31H,15H2. The highest BCUT2D eigenvalue weighted by Gasteiger charge is 2.63. The number of benzene rings is 4. The molecule has 3 aliphatic rings. The molecule has 4 aromatic carbocycles. The predicted molar refractivity (Wildman–Crippen MR) is 118 cm³/mol. The molecule has 0 spiro atoms. The number of aromatic hydroxyl groups is 1. The second-order valence-corrected chi connectivity index (χ2v) is 8.56. The van der Waals surface area contributed by atoms with Gasteiger partial charge in [-0.15, -0.1) is 0 Å². The van der Waals surface area contributed by atoms with E-state index in [0.717, 1.165) is 10.8 Å². The lowest BCUT2D eigenvalue weighted by Crippen LogP contribution is -2.57. The van der Waals surface area contributed by atoms with Gasteiger partial charge in [0.25, 0.3) is 0 Å². The van der Waals surface area contributed by atoms with Crippen LogP contribution in [-0.2, 0) is 16.0 Å². The first-order valence-corrected chi connectivity index (χ1v) is 10.5. The summed E-state index contributed by atoms with van der Waals surface area (Å²) in [6.45, 7) is 0. The van der Waals surface area contributed by atoms with Gasteiger partial charge in [0.2, 0.25) is 0 Å². The van der Waals surface area contributed by atoms with E-state index in [9.17, 15) is 20.1 Å². The molecule has 4 aromatic rings. The van der Waals surface area contributed by atoms with Gasteiger partial charge in [-0.2, -0.15) is 0 Å². The Kier molecular flexibility index (Phi) is 3.82. The molecule has 0 aliphatic heterocycles. The minimum absolute atomic E-state index is 0.0997. The molecular formula is C27H20O5. The molecule has 7 rings (SSSR count). The minimum Gasteiger partial charge on any atom is -0.508 e. The average Bonchev–Trinajstić information content (AvgIpc) is 2.80. The zero-order chi connectivity index (χ0) is 22.1. The largest absolute Gasteiger partial charge is 0.508 e. The fourth-order valence-electron chi connectivity index (χ4n) is 5.45. The van der Waals surface area contributed by atoms with Crippen LogP contribution in [-0.4, -0.2) is 21.3 Å². The van der Waals surface area contributed by atoms with Crippen LogP contribution in [0.4, 0.5) is 0 Å². The third kappa shape index (κ3) is 2.38. The average molecular weight is 424 g/mol. The zero-order valence-electron chi connectivity index (χ0n) is 17.0. The van der Waals surface area contributed by atoms with E-state index >= 15 is 0 Å². The zero-order valence-corrected chi connectivity index (χ0v) is 17.0. The normalized spacial score (nSPS) is 25.2. The maximum atomic E-state index is 13.4. The summed E-state index contributed by atoms with van der Waals surface area (Å²) in [6, 6.07) is 24.8. The first kappa shape index (κ1) is 19.0. The van der Waals surface area contributed by atoms with Crippen molar-refractivity contribution >= 4 is 16.7 Å². The lowest BCUT2D eigenvalue weighted by atomic mass is 9.54. The molecule has 5 nitrogen and oxygen atoms in total. The highest BCUT2D eigenvalue weighted by Crippen LogP contribution is 2.61. The first-order chi connectivity index (χ1) is 15.4. The van der Waals surface area contributed by atoms with Crippen molar-refractivity contribution in [2.45, 2.75) is 17.6 Å². The van der Waals surface area contributed by atoms with Gasteiger partial charge in [0.05, 0.1) is 5.92 Å². The number of ether oxygens (including phenoxy) is 1. The van der Waals surface area contributed by atoms with Gasteiger partial charge in [-0.05, 0) is 45.7 Å². The summed E-state index contributed by atoms with van der Waals surface area (Å²) >= 11 is 0. The summed E-state index contributed by atoms with van der Waals surface area (Å²) < 4.78 is 5.71. The first-order valence-electron chi connectivity index (χ1n) is 10.5. The Bertz CT molecular complexity index is 1410. The summed E-state index contributed by atoms with van der Waals surface area (Å²) in [5.41, 5.74) is -1.84. The summed E-state index contributed by atoms with van der Waals surface area (Å²) in [6.07, 6.45) is -0.0997. The maximum absolute atomic E-state index is 13.4. The molecule has 0 saturated carbocycles. The van der Waals surface area contributed by atoms with Crippen LogP contribution >= 0.6 is 0 Å². The molecule has 5 heteroatoms. The van der Waals surface area contributed by atoms with Gasteiger partial charge in [-0.25, -0.2) is 0 Å². The highest BCUT2D eigenvalue weighted by molar-refractivity contribution is 5.86. The van der Waals surface area contributed by atoms with Crippen molar-refractivity contribution < 1.29 is 24.9 Å². The molecule has 0 fully saturated rings. The van der Waals surface area contributed by atoms with Gasteiger partial charge in [-0.1, -0.05) is 66.7 Å². The van der Waals surface area contributed by atoms with Crippen molar-refractivity contribution in [1.82, 2.24) is 0 Å². The molecule has 3 atom stereocenters. The number of esters is 1. The van der Waals surface area contributed by atoms with E-state index in [-0.39, 0.29) is 17.7 Å². The van der Waals surface area contributed by atoms with Crippen LogP contribution in [0.1, 0.15) is 28.7 Å². The van der Waals surface area contributed by atoms with Crippen LogP contribution in [0, 0.1) is 5.92 Å². The Morgan fingerprint density at radius 1 is 0.812 bits per heavy atom. The quantitative estimate of drug-likeness (QED) is 0.335. The third-order valence-electron chi connectivity index (χ3n) is 6.88. The van der Waals surface area contributed by atoms with Gasteiger partial charge >= 0.3 is 5.97 Å². The number of hydrogen-bond acceptors (Lipinski definition) is 5. The molecule has 3 unspecified atom stereocenters. The van der Waals surface area contributed by atoms with Gasteiger partial charge in [0, 0.05) is 12.0 Å². The Morgan fingerprint density at radius 3 is 2.31 bits per heavy atom. The van der Waals surface area contributed by atoms with E-state index in [0.29, 0.717) is 22.4 Å². The number of aliphatic hydroxyl groups is 2. The summed E-state index contributed by atoms with van der Waals surface area (Å²) in [4.78, 5) is 13.4. The lowest BCUT2D eigenvalue weighted by molar-refractivity contribution is -0.157. The van der Waals surface area contributed by atoms with Crippen molar-refractivity contribution in [1.29, 1.82) is 0 Å². The number of fused-ring (bicyclic) bond motifs is 2. The van der Waals surface area contributed by atoms with E-state index in [1.54, 1.807) is 48.5 Å². The van der Waals surface area contributed by atoms with Gasteiger partial charge in [-0.3, -0.25) is 4.79 Å². The molecule has 0 saturated heterocycles. The summed E-state index contributed by atoms with van der Waals surface area (Å²) in [5.74, 6) is -1.43. The van der Waals surface area contributed by atoms with Crippen molar-refractivity contribution in [2.75, 3.05) is 0 Å². The maximum Gasteiger partial charge on any atom is 0.318 e. The monoisotopic (exact) mass is 424 g/mol. The molecule has 0 heterocycles. The summed E-state index contributed by atoms with van der Waals surface area (Å²) in [5, 5.41) is 36.3. The van der Waals surface area contributed by atoms with Crippen molar-refractivity contribution in [3.05, 3.63) is 107 Å². The number of rotatable bonds is 2. The number of carbonyl (C=O) groups excluding carboxylic acids is 1. The van der Waals surface area contributed by atoms with Gasteiger partial charge < -0.3 is 20.1 Å². The number of hydrogen-bond donors (Lipinski definition) is 3. The van der Waals surface area contributed by atoms with Gasteiger partial charge in [0.15, 0.2) is 0 Å². The minimum atomic E-state index is -1.73. The Morgan fingerprint density at radius 2 is 1.50 bits per heavy atom. The fraction of sp³-hybridized carbons (Fsp3) is 0.148.